The van der Waals surface area contributed by atoms with Gasteiger partial charge in [0.05, 0.1) is 5.41 Å². The lowest BCUT2D eigenvalue weighted by Crippen LogP contribution is -2.42. The van der Waals surface area contributed by atoms with E-state index in [0.29, 0.717) is 6.04 Å². The molecule has 19 heavy (non-hydrogen) atoms. The first-order chi connectivity index (χ1) is 9.21. The SMILES string of the molecule is O=C(NC1CCCCC1)C1(c2ccc(Cl)cc2)CC1. The van der Waals surface area contributed by atoms with E-state index in [1.165, 1.54) is 19.3 Å². The summed E-state index contributed by atoms with van der Waals surface area (Å²) < 4.78 is 0. The molecule has 3 heteroatoms. The van der Waals surface area contributed by atoms with Gasteiger partial charge in [0.1, 0.15) is 0 Å². The Morgan fingerprint density at radius 3 is 2.32 bits per heavy atom. The molecule has 102 valence electrons. The molecule has 1 N–H and O–H groups in total. The number of benzene rings is 1. The summed E-state index contributed by atoms with van der Waals surface area (Å²) in [5, 5.41) is 3.99. The molecule has 0 heterocycles. The highest BCUT2D eigenvalue weighted by Gasteiger charge is 2.51. The number of hydrogen-bond acceptors (Lipinski definition) is 1. The maximum Gasteiger partial charge on any atom is 0.230 e. The van der Waals surface area contributed by atoms with E-state index in [0.717, 1.165) is 36.3 Å². The average molecular weight is 278 g/mol. The lowest BCUT2D eigenvalue weighted by molar-refractivity contribution is -0.124. The van der Waals surface area contributed by atoms with Crippen molar-refractivity contribution in [1.29, 1.82) is 0 Å². The summed E-state index contributed by atoms with van der Waals surface area (Å²) in [6.45, 7) is 0. The van der Waals surface area contributed by atoms with Gasteiger partial charge in [-0.05, 0) is 43.4 Å². The Morgan fingerprint density at radius 1 is 1.11 bits per heavy atom. The minimum atomic E-state index is -0.262. The molecule has 2 nitrogen and oxygen atoms in total. The van der Waals surface area contributed by atoms with Gasteiger partial charge in [-0.1, -0.05) is 43.0 Å². The van der Waals surface area contributed by atoms with E-state index < -0.39 is 0 Å². The van der Waals surface area contributed by atoms with Crippen LogP contribution in [0.1, 0.15) is 50.5 Å². The van der Waals surface area contributed by atoms with Gasteiger partial charge in [0.15, 0.2) is 0 Å². The van der Waals surface area contributed by atoms with E-state index in [-0.39, 0.29) is 11.3 Å². The third kappa shape index (κ3) is 2.64. The number of carbonyl (C=O) groups excluding carboxylic acids is 1. The smallest absolute Gasteiger partial charge is 0.230 e. The minimum Gasteiger partial charge on any atom is -0.353 e. The standard InChI is InChI=1S/C16H20ClNO/c17-13-8-6-12(7-9-13)16(10-11-16)15(19)18-14-4-2-1-3-5-14/h6-9,14H,1-5,10-11H2,(H,18,19). The minimum absolute atomic E-state index is 0.224. The maximum atomic E-state index is 12.5. The Labute approximate surface area is 119 Å². The van der Waals surface area contributed by atoms with Crippen molar-refractivity contribution >= 4 is 17.5 Å². The van der Waals surface area contributed by atoms with E-state index in [2.05, 4.69) is 5.32 Å². The number of amides is 1. The van der Waals surface area contributed by atoms with E-state index >= 15 is 0 Å². The molecule has 0 bridgehead atoms. The van der Waals surface area contributed by atoms with Crippen molar-refractivity contribution in [3.05, 3.63) is 34.9 Å². The number of halogens is 1. The molecule has 0 radical (unpaired) electrons. The molecule has 0 aromatic heterocycles. The quantitative estimate of drug-likeness (QED) is 0.894. The topological polar surface area (TPSA) is 29.1 Å². The van der Waals surface area contributed by atoms with Gasteiger partial charge in [0.2, 0.25) is 5.91 Å². The van der Waals surface area contributed by atoms with Gasteiger partial charge in [-0.25, -0.2) is 0 Å². The first-order valence-electron chi connectivity index (χ1n) is 7.28. The summed E-state index contributed by atoms with van der Waals surface area (Å²) in [6.07, 6.45) is 8.03. The van der Waals surface area contributed by atoms with E-state index in [1.807, 2.05) is 24.3 Å². The predicted octanol–water partition coefficient (Wildman–Crippen LogP) is 3.82. The van der Waals surface area contributed by atoms with Crippen molar-refractivity contribution in [3.63, 3.8) is 0 Å². The molecule has 1 aromatic rings. The van der Waals surface area contributed by atoms with Crippen LogP contribution in [0.3, 0.4) is 0 Å². The second kappa shape index (κ2) is 5.16. The molecule has 0 spiro atoms. The highest BCUT2D eigenvalue weighted by Crippen LogP contribution is 2.48. The molecule has 0 atom stereocenters. The Bertz CT molecular complexity index is 458. The average Bonchev–Trinajstić information content (AvgIpc) is 3.22. The Balaban J connectivity index is 1.70. The summed E-state index contributed by atoms with van der Waals surface area (Å²) in [6, 6.07) is 8.15. The van der Waals surface area contributed by atoms with E-state index in [4.69, 9.17) is 11.6 Å². The van der Waals surface area contributed by atoms with Crippen LogP contribution >= 0.6 is 11.6 Å². The van der Waals surface area contributed by atoms with E-state index in [1.54, 1.807) is 0 Å². The predicted molar refractivity (Wildman–Crippen MR) is 77.4 cm³/mol. The van der Waals surface area contributed by atoms with Gasteiger partial charge < -0.3 is 5.32 Å². The molecule has 1 amide bonds. The van der Waals surface area contributed by atoms with Gasteiger partial charge in [-0.15, -0.1) is 0 Å². The van der Waals surface area contributed by atoms with Crippen LogP contribution in [0, 0.1) is 0 Å². The molecule has 3 rings (SSSR count). The molecule has 0 unspecified atom stereocenters. The lowest BCUT2D eigenvalue weighted by Gasteiger charge is -2.25. The van der Waals surface area contributed by atoms with Gasteiger partial charge in [-0.3, -0.25) is 4.79 Å². The zero-order valence-corrected chi connectivity index (χ0v) is 11.9. The van der Waals surface area contributed by atoms with Crippen LogP contribution in [-0.2, 0) is 10.2 Å². The largest absolute Gasteiger partial charge is 0.353 e. The van der Waals surface area contributed by atoms with Crippen LogP contribution in [0.15, 0.2) is 24.3 Å². The Kier molecular flexibility index (Phi) is 3.53. The van der Waals surface area contributed by atoms with Crippen LogP contribution in [-0.4, -0.2) is 11.9 Å². The molecular formula is C16H20ClNO. The monoisotopic (exact) mass is 277 g/mol. The van der Waals surface area contributed by atoms with Gasteiger partial charge >= 0.3 is 0 Å². The zero-order valence-electron chi connectivity index (χ0n) is 11.1. The number of hydrogen-bond donors (Lipinski definition) is 1. The van der Waals surface area contributed by atoms with Crippen molar-refractivity contribution in [2.75, 3.05) is 0 Å². The molecular weight excluding hydrogens is 258 g/mol. The normalized spacial score (nSPS) is 21.9. The van der Waals surface area contributed by atoms with Crippen LogP contribution < -0.4 is 5.32 Å². The van der Waals surface area contributed by atoms with Crippen LogP contribution in [0.2, 0.25) is 5.02 Å². The van der Waals surface area contributed by atoms with Gasteiger partial charge in [-0.2, -0.15) is 0 Å². The molecule has 1 aromatic carbocycles. The fraction of sp³-hybridized carbons (Fsp3) is 0.562. The summed E-state index contributed by atoms with van der Waals surface area (Å²) in [5.74, 6) is 0.224. The van der Waals surface area contributed by atoms with Crippen molar-refractivity contribution in [2.45, 2.75) is 56.4 Å². The number of carbonyl (C=O) groups is 1. The van der Waals surface area contributed by atoms with Crippen LogP contribution in [0.5, 0.6) is 0 Å². The fourth-order valence-electron chi connectivity index (χ4n) is 3.11. The molecule has 2 fully saturated rings. The fourth-order valence-corrected chi connectivity index (χ4v) is 3.24. The summed E-state index contributed by atoms with van der Waals surface area (Å²) in [7, 11) is 0. The second-order valence-electron chi connectivity index (χ2n) is 5.90. The summed E-state index contributed by atoms with van der Waals surface area (Å²) in [4.78, 5) is 12.5. The third-order valence-corrected chi connectivity index (χ3v) is 4.77. The van der Waals surface area contributed by atoms with Crippen molar-refractivity contribution < 1.29 is 4.79 Å². The van der Waals surface area contributed by atoms with Crippen molar-refractivity contribution in [1.82, 2.24) is 5.32 Å². The molecule has 0 saturated heterocycles. The lowest BCUT2D eigenvalue weighted by atomic mass is 9.92. The Morgan fingerprint density at radius 2 is 1.74 bits per heavy atom. The molecule has 2 aliphatic carbocycles. The molecule has 2 aliphatic rings. The van der Waals surface area contributed by atoms with Gasteiger partial charge in [0.25, 0.3) is 0 Å². The Hall–Kier alpha value is -1.02. The summed E-state index contributed by atoms with van der Waals surface area (Å²) in [5.41, 5.74) is 0.854. The van der Waals surface area contributed by atoms with Crippen LogP contribution in [0.25, 0.3) is 0 Å². The highest BCUT2D eigenvalue weighted by atomic mass is 35.5. The number of rotatable bonds is 3. The zero-order chi connectivity index (χ0) is 13.3. The number of nitrogens with one attached hydrogen (secondary N) is 1. The maximum absolute atomic E-state index is 12.5. The molecule has 0 aliphatic heterocycles. The van der Waals surface area contributed by atoms with Crippen LogP contribution in [0.4, 0.5) is 0 Å². The van der Waals surface area contributed by atoms with Crippen molar-refractivity contribution in [3.8, 4) is 0 Å². The van der Waals surface area contributed by atoms with E-state index in [9.17, 15) is 4.79 Å². The summed E-state index contributed by atoms with van der Waals surface area (Å²) >= 11 is 5.92. The first kappa shape index (κ1) is 13.0. The highest BCUT2D eigenvalue weighted by molar-refractivity contribution is 6.30. The first-order valence-corrected chi connectivity index (χ1v) is 7.65. The van der Waals surface area contributed by atoms with Gasteiger partial charge in [0, 0.05) is 11.1 Å². The molecule has 2 saturated carbocycles. The van der Waals surface area contributed by atoms with Crippen molar-refractivity contribution in [2.24, 2.45) is 0 Å². The third-order valence-electron chi connectivity index (χ3n) is 4.52. The second-order valence-corrected chi connectivity index (χ2v) is 6.33.